The van der Waals surface area contributed by atoms with E-state index in [0.29, 0.717) is 0 Å². The van der Waals surface area contributed by atoms with Crippen molar-refractivity contribution in [3.63, 3.8) is 0 Å². The molecule has 2 rings (SSSR count). The Labute approximate surface area is 126 Å². The van der Waals surface area contributed by atoms with E-state index in [1.807, 2.05) is 24.3 Å². The van der Waals surface area contributed by atoms with Gasteiger partial charge in [-0.3, -0.25) is 0 Å². The van der Waals surface area contributed by atoms with E-state index < -0.39 is 0 Å². The first-order chi connectivity index (χ1) is 10.1. The van der Waals surface area contributed by atoms with Gasteiger partial charge in [0.2, 0.25) is 0 Å². The van der Waals surface area contributed by atoms with E-state index in [0.717, 1.165) is 17.7 Å². The SMILES string of the molecule is CCC(N[C@@H](C)c1ccc(OC)cc1)c1ccc(F)cc1. The Kier molecular flexibility index (Phi) is 5.34. The van der Waals surface area contributed by atoms with Crippen molar-refractivity contribution in [3.8, 4) is 5.75 Å². The predicted molar refractivity (Wildman–Crippen MR) is 84.0 cm³/mol. The van der Waals surface area contributed by atoms with E-state index in [9.17, 15) is 4.39 Å². The van der Waals surface area contributed by atoms with Gasteiger partial charge in [0.05, 0.1) is 7.11 Å². The summed E-state index contributed by atoms with van der Waals surface area (Å²) in [5.74, 6) is 0.660. The highest BCUT2D eigenvalue weighted by Gasteiger charge is 2.14. The van der Waals surface area contributed by atoms with Gasteiger partial charge in [0, 0.05) is 12.1 Å². The zero-order chi connectivity index (χ0) is 15.2. The van der Waals surface area contributed by atoms with Crippen molar-refractivity contribution >= 4 is 0 Å². The van der Waals surface area contributed by atoms with E-state index in [1.165, 1.54) is 17.7 Å². The first-order valence-electron chi connectivity index (χ1n) is 7.29. The van der Waals surface area contributed by atoms with Gasteiger partial charge in [-0.05, 0) is 48.7 Å². The average molecular weight is 287 g/mol. The maximum absolute atomic E-state index is 13.0. The molecule has 0 aliphatic rings. The van der Waals surface area contributed by atoms with Crippen molar-refractivity contribution in [2.45, 2.75) is 32.4 Å². The number of halogens is 1. The first kappa shape index (κ1) is 15.5. The molecule has 0 heterocycles. The summed E-state index contributed by atoms with van der Waals surface area (Å²) < 4.78 is 18.2. The minimum atomic E-state index is -0.197. The summed E-state index contributed by atoms with van der Waals surface area (Å²) in [6.07, 6.45) is 0.951. The Hall–Kier alpha value is -1.87. The Balaban J connectivity index is 2.08. The molecule has 1 N–H and O–H groups in total. The fourth-order valence-corrected chi connectivity index (χ4v) is 2.44. The molecule has 3 heteroatoms. The van der Waals surface area contributed by atoms with Gasteiger partial charge in [-0.1, -0.05) is 31.2 Å². The fraction of sp³-hybridized carbons (Fsp3) is 0.333. The van der Waals surface area contributed by atoms with Crippen LogP contribution in [0.25, 0.3) is 0 Å². The summed E-state index contributed by atoms with van der Waals surface area (Å²) in [5, 5.41) is 3.59. The highest BCUT2D eigenvalue weighted by atomic mass is 19.1. The van der Waals surface area contributed by atoms with E-state index in [4.69, 9.17) is 4.74 Å². The van der Waals surface area contributed by atoms with Crippen LogP contribution in [0.15, 0.2) is 48.5 Å². The molecule has 0 spiro atoms. The maximum Gasteiger partial charge on any atom is 0.123 e. The molecule has 0 aliphatic carbocycles. The third kappa shape index (κ3) is 4.05. The normalized spacial score (nSPS) is 13.7. The van der Waals surface area contributed by atoms with Crippen molar-refractivity contribution in [1.82, 2.24) is 5.32 Å². The molecule has 0 saturated carbocycles. The second kappa shape index (κ2) is 7.23. The lowest BCUT2D eigenvalue weighted by molar-refractivity contribution is 0.413. The molecule has 1 unspecified atom stereocenters. The third-order valence-electron chi connectivity index (χ3n) is 3.75. The molecule has 0 saturated heterocycles. The molecule has 0 radical (unpaired) electrons. The van der Waals surface area contributed by atoms with Crippen LogP contribution in [0, 0.1) is 5.82 Å². The largest absolute Gasteiger partial charge is 0.497 e. The highest BCUT2D eigenvalue weighted by Crippen LogP contribution is 2.23. The van der Waals surface area contributed by atoms with E-state index in [2.05, 4.69) is 31.3 Å². The van der Waals surface area contributed by atoms with Gasteiger partial charge in [0.15, 0.2) is 0 Å². The Morgan fingerprint density at radius 2 is 1.57 bits per heavy atom. The number of rotatable bonds is 6. The summed E-state index contributed by atoms with van der Waals surface area (Å²) in [6.45, 7) is 4.26. The Morgan fingerprint density at radius 1 is 1.00 bits per heavy atom. The molecule has 0 amide bonds. The lowest BCUT2D eigenvalue weighted by atomic mass is 10.0. The zero-order valence-electron chi connectivity index (χ0n) is 12.8. The van der Waals surface area contributed by atoms with Crippen molar-refractivity contribution in [3.05, 3.63) is 65.5 Å². The van der Waals surface area contributed by atoms with Gasteiger partial charge in [0.25, 0.3) is 0 Å². The number of ether oxygens (including phenoxy) is 1. The number of hydrogen-bond donors (Lipinski definition) is 1. The van der Waals surface area contributed by atoms with Crippen LogP contribution in [-0.4, -0.2) is 7.11 Å². The molecular formula is C18H22FNO. The van der Waals surface area contributed by atoms with Crippen LogP contribution in [0.5, 0.6) is 5.75 Å². The average Bonchev–Trinajstić information content (AvgIpc) is 2.53. The van der Waals surface area contributed by atoms with Crippen LogP contribution in [0.4, 0.5) is 4.39 Å². The minimum absolute atomic E-state index is 0.197. The van der Waals surface area contributed by atoms with Crippen molar-refractivity contribution in [1.29, 1.82) is 0 Å². The molecule has 0 aliphatic heterocycles. The lowest BCUT2D eigenvalue weighted by Crippen LogP contribution is -2.24. The summed E-state index contributed by atoms with van der Waals surface area (Å²) in [7, 11) is 1.67. The minimum Gasteiger partial charge on any atom is -0.497 e. The third-order valence-corrected chi connectivity index (χ3v) is 3.75. The number of hydrogen-bond acceptors (Lipinski definition) is 2. The summed E-state index contributed by atoms with van der Waals surface area (Å²) >= 11 is 0. The topological polar surface area (TPSA) is 21.3 Å². The summed E-state index contributed by atoms with van der Waals surface area (Å²) in [6, 6.07) is 15.2. The molecule has 21 heavy (non-hydrogen) atoms. The molecule has 2 nitrogen and oxygen atoms in total. The zero-order valence-corrected chi connectivity index (χ0v) is 12.8. The van der Waals surface area contributed by atoms with Crippen LogP contribution in [0.1, 0.15) is 43.5 Å². The molecule has 0 fully saturated rings. The summed E-state index contributed by atoms with van der Waals surface area (Å²) in [4.78, 5) is 0. The Morgan fingerprint density at radius 3 is 2.10 bits per heavy atom. The van der Waals surface area contributed by atoms with Gasteiger partial charge in [-0.2, -0.15) is 0 Å². The van der Waals surface area contributed by atoms with Crippen LogP contribution in [0.2, 0.25) is 0 Å². The van der Waals surface area contributed by atoms with Crippen LogP contribution in [-0.2, 0) is 0 Å². The maximum atomic E-state index is 13.0. The van der Waals surface area contributed by atoms with Crippen molar-refractivity contribution in [2.24, 2.45) is 0 Å². The van der Waals surface area contributed by atoms with Gasteiger partial charge >= 0.3 is 0 Å². The molecule has 2 atom stereocenters. The van der Waals surface area contributed by atoms with E-state index in [1.54, 1.807) is 7.11 Å². The van der Waals surface area contributed by atoms with E-state index in [-0.39, 0.29) is 17.9 Å². The van der Waals surface area contributed by atoms with Crippen LogP contribution < -0.4 is 10.1 Å². The number of methoxy groups -OCH3 is 1. The predicted octanol–water partition coefficient (Wildman–Crippen LogP) is 4.64. The second-order valence-corrected chi connectivity index (χ2v) is 5.17. The fourth-order valence-electron chi connectivity index (χ4n) is 2.44. The highest BCUT2D eigenvalue weighted by molar-refractivity contribution is 5.29. The molecular weight excluding hydrogens is 265 g/mol. The van der Waals surface area contributed by atoms with Gasteiger partial charge in [0.1, 0.15) is 11.6 Å². The number of nitrogens with one attached hydrogen (secondary N) is 1. The Bertz CT molecular complexity index is 550. The quantitative estimate of drug-likeness (QED) is 0.836. The van der Waals surface area contributed by atoms with Crippen molar-refractivity contribution < 1.29 is 9.13 Å². The number of benzene rings is 2. The van der Waals surface area contributed by atoms with Gasteiger partial charge < -0.3 is 10.1 Å². The smallest absolute Gasteiger partial charge is 0.123 e. The molecule has 2 aromatic carbocycles. The molecule has 112 valence electrons. The second-order valence-electron chi connectivity index (χ2n) is 5.17. The lowest BCUT2D eigenvalue weighted by Gasteiger charge is -2.23. The van der Waals surface area contributed by atoms with Crippen LogP contribution >= 0.6 is 0 Å². The summed E-state index contributed by atoms with van der Waals surface area (Å²) in [5.41, 5.74) is 2.32. The van der Waals surface area contributed by atoms with E-state index >= 15 is 0 Å². The van der Waals surface area contributed by atoms with Crippen molar-refractivity contribution in [2.75, 3.05) is 7.11 Å². The van der Waals surface area contributed by atoms with Gasteiger partial charge in [-0.25, -0.2) is 4.39 Å². The standard InChI is InChI=1S/C18H22FNO/c1-4-18(15-5-9-16(19)10-6-15)20-13(2)14-7-11-17(21-3)12-8-14/h5-13,18,20H,4H2,1-3H3/t13-,18?/m0/s1. The molecule has 0 bridgehead atoms. The van der Waals surface area contributed by atoms with Crippen LogP contribution in [0.3, 0.4) is 0 Å². The molecule has 0 aromatic heterocycles. The molecule has 2 aromatic rings. The monoisotopic (exact) mass is 287 g/mol. The first-order valence-corrected chi connectivity index (χ1v) is 7.29. The van der Waals surface area contributed by atoms with Gasteiger partial charge in [-0.15, -0.1) is 0 Å².